The summed E-state index contributed by atoms with van der Waals surface area (Å²) >= 11 is 6.43. The van der Waals surface area contributed by atoms with Gasteiger partial charge in [-0.05, 0) is 65.1 Å². The van der Waals surface area contributed by atoms with Crippen LogP contribution in [0.2, 0.25) is 0 Å². The largest absolute Gasteiger partial charge is 0.417 e. The maximum atomic E-state index is 12.8. The molecular weight excluding hydrogens is 452 g/mol. The molecule has 0 aliphatic rings. The molecule has 0 aliphatic carbocycles. The van der Waals surface area contributed by atoms with Crippen LogP contribution in [0.3, 0.4) is 0 Å². The van der Waals surface area contributed by atoms with Crippen LogP contribution in [0.15, 0.2) is 56.7 Å². The summed E-state index contributed by atoms with van der Waals surface area (Å²) in [7, 11) is 0. The van der Waals surface area contributed by atoms with Gasteiger partial charge in [-0.15, -0.1) is 0 Å². The molecule has 0 unspecified atom stereocenters. The Kier molecular flexibility index (Phi) is 4.84. The molecule has 0 nitrogen and oxygen atoms in total. The quantitative estimate of drug-likeness (QED) is 0.481. The van der Waals surface area contributed by atoms with Crippen LogP contribution in [0.1, 0.15) is 5.56 Å². The van der Waals surface area contributed by atoms with E-state index in [9.17, 15) is 13.2 Å². The molecule has 100 valence electrons. The van der Waals surface area contributed by atoms with Gasteiger partial charge in [0.25, 0.3) is 0 Å². The third-order valence-electron chi connectivity index (χ3n) is 2.29. The van der Waals surface area contributed by atoms with Crippen LogP contribution in [0.5, 0.6) is 0 Å². The summed E-state index contributed by atoms with van der Waals surface area (Å²) in [6, 6.07) is 11.9. The lowest BCUT2D eigenvalue weighted by Crippen LogP contribution is -2.05. The van der Waals surface area contributed by atoms with Crippen LogP contribution in [-0.2, 0) is 6.18 Å². The fourth-order valence-electron chi connectivity index (χ4n) is 1.42. The van der Waals surface area contributed by atoms with E-state index in [1.807, 2.05) is 24.3 Å². The lowest BCUT2D eigenvalue weighted by atomic mass is 10.2. The van der Waals surface area contributed by atoms with Gasteiger partial charge in [-0.3, -0.25) is 0 Å². The molecular formula is C13H7BrF3IS. The van der Waals surface area contributed by atoms with Gasteiger partial charge in [0, 0.05) is 17.8 Å². The first kappa shape index (κ1) is 15.2. The molecule has 0 saturated heterocycles. The first-order valence-electron chi connectivity index (χ1n) is 5.16. The van der Waals surface area contributed by atoms with Crippen LogP contribution in [-0.4, -0.2) is 0 Å². The molecule has 19 heavy (non-hydrogen) atoms. The third kappa shape index (κ3) is 4.13. The highest BCUT2D eigenvalue weighted by Crippen LogP contribution is 2.38. The second-order valence-corrected chi connectivity index (χ2v) is 6.94. The molecule has 0 bridgehead atoms. The number of rotatable bonds is 2. The number of hydrogen-bond donors (Lipinski definition) is 0. The summed E-state index contributed by atoms with van der Waals surface area (Å²) in [5.74, 6) is 0. The summed E-state index contributed by atoms with van der Waals surface area (Å²) in [6.45, 7) is 0. The molecule has 0 amide bonds. The summed E-state index contributed by atoms with van der Waals surface area (Å²) in [5, 5.41) is 0. The van der Waals surface area contributed by atoms with E-state index in [4.69, 9.17) is 0 Å². The first-order valence-corrected chi connectivity index (χ1v) is 7.85. The van der Waals surface area contributed by atoms with Gasteiger partial charge < -0.3 is 0 Å². The van der Waals surface area contributed by atoms with Gasteiger partial charge >= 0.3 is 6.18 Å². The monoisotopic (exact) mass is 458 g/mol. The van der Waals surface area contributed by atoms with E-state index in [-0.39, 0.29) is 4.47 Å². The van der Waals surface area contributed by atoms with Gasteiger partial charge in [0.1, 0.15) is 0 Å². The fourth-order valence-corrected chi connectivity index (χ4v) is 3.11. The molecule has 6 heteroatoms. The van der Waals surface area contributed by atoms with E-state index in [2.05, 4.69) is 38.5 Å². The fraction of sp³-hybridized carbons (Fsp3) is 0.0769. The lowest BCUT2D eigenvalue weighted by Gasteiger charge is -2.11. The summed E-state index contributed by atoms with van der Waals surface area (Å²) in [6.07, 6.45) is -4.35. The molecule has 0 spiro atoms. The maximum Gasteiger partial charge on any atom is 0.417 e. The Labute approximate surface area is 135 Å². The Hall–Kier alpha value is -0.210. The molecule has 0 fully saturated rings. The van der Waals surface area contributed by atoms with Gasteiger partial charge in [-0.1, -0.05) is 27.7 Å². The zero-order valence-electron chi connectivity index (χ0n) is 9.34. The van der Waals surface area contributed by atoms with Crippen molar-refractivity contribution in [2.45, 2.75) is 16.0 Å². The Morgan fingerprint density at radius 3 is 2.11 bits per heavy atom. The zero-order valence-corrected chi connectivity index (χ0v) is 13.9. The second kappa shape index (κ2) is 6.05. The lowest BCUT2D eigenvalue weighted by molar-refractivity contribution is -0.138. The molecule has 0 N–H and O–H groups in total. The number of hydrogen-bond acceptors (Lipinski definition) is 1. The van der Waals surface area contributed by atoms with Crippen molar-refractivity contribution in [1.29, 1.82) is 0 Å². The topological polar surface area (TPSA) is 0 Å². The molecule has 2 rings (SSSR count). The van der Waals surface area contributed by atoms with E-state index in [0.29, 0.717) is 4.90 Å². The summed E-state index contributed by atoms with van der Waals surface area (Å²) in [4.78, 5) is 1.48. The van der Waals surface area contributed by atoms with Gasteiger partial charge in [0.05, 0.1) is 5.56 Å². The first-order chi connectivity index (χ1) is 8.86. The molecule has 0 aliphatic heterocycles. The predicted octanol–water partition coefficient (Wildman–Crippen LogP) is 6.22. The van der Waals surface area contributed by atoms with E-state index >= 15 is 0 Å². The predicted molar refractivity (Wildman–Crippen MR) is 82.4 cm³/mol. The zero-order chi connectivity index (χ0) is 14.0. The minimum Gasteiger partial charge on any atom is -0.166 e. The molecule has 2 aromatic rings. The number of halogens is 5. The summed E-state index contributed by atoms with van der Waals surface area (Å²) in [5.41, 5.74) is -0.650. The highest BCUT2D eigenvalue weighted by Gasteiger charge is 2.33. The molecule has 0 heterocycles. The average Bonchev–Trinajstić information content (AvgIpc) is 2.33. The molecule has 2 aromatic carbocycles. The van der Waals surface area contributed by atoms with E-state index in [0.717, 1.165) is 14.5 Å². The van der Waals surface area contributed by atoms with Crippen molar-refractivity contribution in [1.82, 2.24) is 0 Å². The van der Waals surface area contributed by atoms with E-state index in [1.54, 1.807) is 6.07 Å². The maximum absolute atomic E-state index is 12.8. The molecule has 0 saturated carbocycles. The average molecular weight is 459 g/mol. The molecule has 0 aromatic heterocycles. The van der Waals surface area contributed by atoms with Crippen molar-refractivity contribution < 1.29 is 13.2 Å². The van der Waals surface area contributed by atoms with Crippen molar-refractivity contribution in [3.63, 3.8) is 0 Å². The number of alkyl halides is 3. The highest BCUT2D eigenvalue weighted by atomic mass is 127. The SMILES string of the molecule is FC(F)(F)c1cc(Sc2ccc(I)cc2)ccc1Br. The van der Waals surface area contributed by atoms with Crippen molar-refractivity contribution in [2.24, 2.45) is 0 Å². The van der Waals surface area contributed by atoms with E-state index < -0.39 is 11.7 Å². The Bertz CT molecular complexity index is 581. The van der Waals surface area contributed by atoms with Gasteiger partial charge in [0.15, 0.2) is 0 Å². The van der Waals surface area contributed by atoms with E-state index in [1.165, 1.54) is 17.8 Å². The minimum atomic E-state index is -4.35. The Morgan fingerprint density at radius 2 is 1.53 bits per heavy atom. The number of benzene rings is 2. The molecule has 0 atom stereocenters. The van der Waals surface area contributed by atoms with Crippen molar-refractivity contribution in [2.75, 3.05) is 0 Å². The molecule has 0 radical (unpaired) electrons. The Morgan fingerprint density at radius 1 is 0.947 bits per heavy atom. The Balaban J connectivity index is 2.29. The van der Waals surface area contributed by atoms with Gasteiger partial charge in [0.2, 0.25) is 0 Å². The van der Waals surface area contributed by atoms with Crippen LogP contribution in [0.4, 0.5) is 13.2 Å². The van der Waals surface area contributed by atoms with Gasteiger partial charge in [-0.25, -0.2) is 0 Å². The van der Waals surface area contributed by atoms with Crippen LogP contribution in [0.25, 0.3) is 0 Å². The highest BCUT2D eigenvalue weighted by molar-refractivity contribution is 14.1. The smallest absolute Gasteiger partial charge is 0.166 e. The normalized spacial score (nSPS) is 11.6. The third-order valence-corrected chi connectivity index (χ3v) is 4.70. The van der Waals surface area contributed by atoms with Crippen molar-refractivity contribution in [3.05, 3.63) is 56.1 Å². The van der Waals surface area contributed by atoms with Gasteiger partial charge in [-0.2, -0.15) is 13.2 Å². The standard InChI is InChI=1S/C13H7BrF3IS/c14-12-6-5-10(7-11(12)13(15,16)17)19-9-3-1-8(18)2-4-9/h1-7H. The van der Waals surface area contributed by atoms with Crippen molar-refractivity contribution in [3.8, 4) is 0 Å². The minimum absolute atomic E-state index is 0.0620. The summed E-state index contributed by atoms with van der Waals surface area (Å²) < 4.78 is 39.5. The van der Waals surface area contributed by atoms with Crippen LogP contribution < -0.4 is 0 Å². The van der Waals surface area contributed by atoms with Crippen LogP contribution in [0, 0.1) is 3.57 Å². The van der Waals surface area contributed by atoms with Crippen molar-refractivity contribution >= 4 is 50.3 Å². The second-order valence-electron chi connectivity index (χ2n) is 3.70. The van der Waals surface area contributed by atoms with Crippen LogP contribution >= 0.6 is 50.3 Å².